The predicted octanol–water partition coefficient (Wildman–Crippen LogP) is 7.99. The third-order valence-electron chi connectivity index (χ3n) is 9.88. The molecule has 0 aliphatic heterocycles. The zero-order valence-electron chi connectivity index (χ0n) is 20.2. The average molecular weight is 426 g/mol. The summed E-state index contributed by atoms with van der Waals surface area (Å²) >= 11 is 0. The van der Waals surface area contributed by atoms with Crippen LogP contribution in [0.25, 0.3) is 0 Å². The van der Waals surface area contributed by atoms with Crippen molar-refractivity contribution >= 4 is 0 Å². The molecule has 2 nitrogen and oxygen atoms in total. The van der Waals surface area contributed by atoms with E-state index in [2.05, 4.69) is 17.3 Å². The zero-order chi connectivity index (χ0) is 21.0. The minimum Gasteiger partial charge on any atom is -0.381 e. The Morgan fingerprint density at radius 1 is 0.613 bits per heavy atom. The Balaban J connectivity index is 1.40. The highest BCUT2D eigenvalue weighted by Crippen LogP contribution is 2.46. The van der Waals surface area contributed by atoms with Crippen molar-refractivity contribution in [2.75, 3.05) is 7.11 Å². The summed E-state index contributed by atoms with van der Waals surface area (Å²) in [6.45, 7) is 0. The SMILES string of the molecule is COC1CCC(N(/C=C2\CCCC3CCCCC23)/C=C2\CCCC3CCCCC23)CC1. The van der Waals surface area contributed by atoms with Crippen molar-refractivity contribution in [3.05, 3.63) is 23.5 Å². The van der Waals surface area contributed by atoms with Crippen LogP contribution in [0.15, 0.2) is 23.5 Å². The Hall–Kier alpha value is -0.760. The molecule has 0 aromatic carbocycles. The normalized spacial score (nSPS) is 41.6. The molecule has 0 saturated heterocycles. The fraction of sp³-hybridized carbons (Fsp3) is 0.862. The van der Waals surface area contributed by atoms with Crippen molar-refractivity contribution in [3.63, 3.8) is 0 Å². The lowest BCUT2D eigenvalue weighted by molar-refractivity contribution is 0.0531. The van der Waals surface area contributed by atoms with E-state index in [0.717, 1.165) is 23.7 Å². The van der Waals surface area contributed by atoms with E-state index in [9.17, 15) is 0 Å². The minimum atomic E-state index is 0.494. The third kappa shape index (κ3) is 5.10. The molecule has 5 saturated carbocycles. The maximum absolute atomic E-state index is 5.71. The summed E-state index contributed by atoms with van der Waals surface area (Å²) in [5.74, 6) is 3.77. The standard InChI is InChI=1S/C29H47NO/c1-31-27-18-16-26(17-19-27)30(20-24-12-6-10-22-8-2-4-14-28(22)24)21-25-13-7-11-23-9-3-5-15-29(23)25/h20-23,26-29H,2-19H2,1H3/b24-20+,25-21+. The van der Waals surface area contributed by atoms with Crippen LogP contribution >= 0.6 is 0 Å². The molecule has 5 aliphatic rings. The van der Waals surface area contributed by atoms with Gasteiger partial charge in [0.2, 0.25) is 0 Å². The average Bonchev–Trinajstić information content (AvgIpc) is 2.84. The molecule has 5 fully saturated rings. The van der Waals surface area contributed by atoms with Gasteiger partial charge in [-0.2, -0.15) is 0 Å². The summed E-state index contributed by atoms with van der Waals surface area (Å²) in [5, 5.41) is 0. The van der Waals surface area contributed by atoms with Crippen LogP contribution in [0.4, 0.5) is 0 Å². The molecule has 0 aromatic heterocycles. The molecular formula is C29H47NO. The second-order valence-electron chi connectivity index (χ2n) is 11.6. The van der Waals surface area contributed by atoms with E-state index in [4.69, 9.17) is 4.74 Å². The Labute approximate surface area is 191 Å². The molecule has 0 aromatic rings. The van der Waals surface area contributed by atoms with Crippen LogP contribution in [-0.2, 0) is 4.74 Å². The van der Waals surface area contributed by atoms with Gasteiger partial charge in [-0.15, -0.1) is 0 Å². The number of nitrogens with zero attached hydrogens (tertiary/aromatic N) is 1. The van der Waals surface area contributed by atoms with Crippen LogP contribution in [0.5, 0.6) is 0 Å². The van der Waals surface area contributed by atoms with E-state index in [0.29, 0.717) is 12.1 Å². The van der Waals surface area contributed by atoms with E-state index in [1.54, 1.807) is 0 Å². The molecular weight excluding hydrogens is 378 g/mol. The van der Waals surface area contributed by atoms with Crippen LogP contribution in [0, 0.1) is 23.7 Å². The van der Waals surface area contributed by atoms with Gasteiger partial charge in [0.1, 0.15) is 0 Å². The summed E-state index contributed by atoms with van der Waals surface area (Å²) in [4.78, 5) is 2.78. The van der Waals surface area contributed by atoms with Gasteiger partial charge in [-0.1, -0.05) is 36.8 Å². The molecule has 5 rings (SSSR count). The second-order valence-corrected chi connectivity index (χ2v) is 11.6. The Bertz CT molecular complexity index is 595. The minimum absolute atomic E-state index is 0.494. The van der Waals surface area contributed by atoms with E-state index in [-0.39, 0.29) is 0 Å². The lowest BCUT2D eigenvalue weighted by Crippen LogP contribution is -2.36. The highest BCUT2D eigenvalue weighted by Gasteiger charge is 2.34. The van der Waals surface area contributed by atoms with E-state index < -0.39 is 0 Å². The molecule has 0 N–H and O–H groups in total. The number of ether oxygens (including phenoxy) is 1. The maximum atomic E-state index is 5.71. The van der Waals surface area contributed by atoms with Crippen molar-refractivity contribution in [1.29, 1.82) is 0 Å². The topological polar surface area (TPSA) is 12.5 Å². The van der Waals surface area contributed by atoms with Crippen LogP contribution in [0.1, 0.15) is 116 Å². The van der Waals surface area contributed by atoms with Crippen LogP contribution < -0.4 is 0 Å². The largest absolute Gasteiger partial charge is 0.381 e. The summed E-state index contributed by atoms with van der Waals surface area (Å²) in [7, 11) is 1.91. The molecule has 0 amide bonds. The molecule has 0 spiro atoms. The van der Waals surface area contributed by atoms with Gasteiger partial charge in [0.25, 0.3) is 0 Å². The number of methoxy groups -OCH3 is 1. The number of hydrogen-bond acceptors (Lipinski definition) is 2. The molecule has 0 bridgehead atoms. The van der Waals surface area contributed by atoms with E-state index in [1.807, 2.05) is 18.3 Å². The first-order valence-corrected chi connectivity index (χ1v) is 14.0. The van der Waals surface area contributed by atoms with Gasteiger partial charge in [-0.3, -0.25) is 0 Å². The molecule has 4 atom stereocenters. The Morgan fingerprint density at radius 2 is 1.10 bits per heavy atom. The Kier molecular flexibility index (Phi) is 7.43. The van der Waals surface area contributed by atoms with Crippen molar-refractivity contribution in [2.45, 2.75) is 128 Å². The molecule has 2 heteroatoms. The summed E-state index contributed by atoms with van der Waals surface area (Å²) < 4.78 is 5.71. The number of allylic oxidation sites excluding steroid dienone is 2. The lowest BCUT2D eigenvalue weighted by Gasteiger charge is -2.42. The number of hydrogen-bond donors (Lipinski definition) is 0. The van der Waals surface area contributed by atoms with Crippen molar-refractivity contribution in [2.24, 2.45) is 23.7 Å². The Morgan fingerprint density at radius 3 is 1.61 bits per heavy atom. The van der Waals surface area contributed by atoms with Crippen LogP contribution in [0.2, 0.25) is 0 Å². The highest BCUT2D eigenvalue weighted by molar-refractivity contribution is 5.18. The number of fused-ring (bicyclic) bond motifs is 2. The fourth-order valence-corrected chi connectivity index (χ4v) is 8.12. The molecule has 5 aliphatic carbocycles. The van der Waals surface area contributed by atoms with Crippen molar-refractivity contribution in [1.82, 2.24) is 4.90 Å². The van der Waals surface area contributed by atoms with Gasteiger partial charge in [0.15, 0.2) is 0 Å². The summed E-state index contributed by atoms with van der Waals surface area (Å²) in [6.07, 6.45) is 31.3. The zero-order valence-corrected chi connectivity index (χ0v) is 20.2. The summed E-state index contributed by atoms with van der Waals surface area (Å²) in [5.41, 5.74) is 3.63. The molecule has 174 valence electrons. The maximum Gasteiger partial charge on any atom is 0.0572 e. The van der Waals surface area contributed by atoms with Crippen molar-refractivity contribution in [3.8, 4) is 0 Å². The number of rotatable bonds is 4. The highest BCUT2D eigenvalue weighted by atomic mass is 16.5. The first-order chi connectivity index (χ1) is 15.3. The van der Waals surface area contributed by atoms with Gasteiger partial charge in [0, 0.05) is 25.6 Å². The monoisotopic (exact) mass is 425 g/mol. The van der Waals surface area contributed by atoms with Gasteiger partial charge in [-0.25, -0.2) is 0 Å². The van der Waals surface area contributed by atoms with Gasteiger partial charge < -0.3 is 9.64 Å². The third-order valence-corrected chi connectivity index (χ3v) is 9.88. The summed E-state index contributed by atoms with van der Waals surface area (Å²) in [6, 6.07) is 0.694. The molecule has 31 heavy (non-hydrogen) atoms. The second kappa shape index (κ2) is 10.4. The van der Waals surface area contributed by atoms with Crippen molar-refractivity contribution < 1.29 is 4.74 Å². The first kappa shape index (κ1) is 22.1. The van der Waals surface area contributed by atoms with E-state index in [1.165, 1.54) is 116 Å². The van der Waals surface area contributed by atoms with Gasteiger partial charge in [0.05, 0.1) is 6.10 Å². The molecule has 0 radical (unpaired) electrons. The molecule has 4 unspecified atom stereocenters. The fourth-order valence-electron chi connectivity index (χ4n) is 8.12. The molecule has 0 heterocycles. The lowest BCUT2D eigenvalue weighted by atomic mass is 9.68. The van der Waals surface area contributed by atoms with Crippen LogP contribution in [0.3, 0.4) is 0 Å². The first-order valence-electron chi connectivity index (χ1n) is 14.0. The van der Waals surface area contributed by atoms with Gasteiger partial charge >= 0.3 is 0 Å². The smallest absolute Gasteiger partial charge is 0.0572 e. The predicted molar refractivity (Wildman–Crippen MR) is 130 cm³/mol. The van der Waals surface area contributed by atoms with Crippen LogP contribution in [-0.4, -0.2) is 24.2 Å². The van der Waals surface area contributed by atoms with E-state index >= 15 is 0 Å². The van der Waals surface area contributed by atoms with Gasteiger partial charge in [-0.05, 0) is 114 Å². The quantitative estimate of drug-likeness (QED) is 0.452.